The van der Waals surface area contributed by atoms with Gasteiger partial charge in [0.2, 0.25) is 0 Å². The lowest BCUT2D eigenvalue weighted by Gasteiger charge is -2.15. The Labute approximate surface area is 130 Å². The topological polar surface area (TPSA) is 53.1 Å². The number of nitrogens with two attached hydrogens (primary N) is 1. The monoisotopic (exact) mass is 293 g/mol. The maximum atomic E-state index is 6.38. The van der Waals surface area contributed by atoms with Gasteiger partial charge in [0.15, 0.2) is 0 Å². The summed E-state index contributed by atoms with van der Waals surface area (Å²) in [5, 5.41) is 0. The lowest BCUT2D eigenvalue weighted by molar-refractivity contribution is 0.414. The van der Waals surface area contributed by atoms with E-state index in [4.69, 9.17) is 10.5 Å². The summed E-state index contributed by atoms with van der Waals surface area (Å²) in [4.78, 5) is 4.44. The molecule has 0 aliphatic rings. The van der Waals surface area contributed by atoms with Gasteiger partial charge in [0.25, 0.3) is 0 Å². The molecular weight excluding hydrogens is 274 g/mol. The first-order valence-corrected chi connectivity index (χ1v) is 7.22. The van der Waals surface area contributed by atoms with Crippen LogP contribution in [0.4, 0.5) is 0 Å². The molecular formula is C18H19N3O. The van der Waals surface area contributed by atoms with Crippen molar-refractivity contribution in [3.8, 4) is 5.75 Å². The number of aromatic nitrogens is 2. The van der Waals surface area contributed by atoms with Gasteiger partial charge < -0.3 is 15.0 Å². The van der Waals surface area contributed by atoms with Gasteiger partial charge in [-0.3, -0.25) is 0 Å². The van der Waals surface area contributed by atoms with E-state index in [1.165, 1.54) is 5.56 Å². The highest BCUT2D eigenvalue weighted by Gasteiger charge is 2.15. The fourth-order valence-corrected chi connectivity index (χ4v) is 2.47. The molecule has 0 aliphatic heterocycles. The predicted molar refractivity (Wildman–Crippen MR) is 86.8 cm³/mol. The quantitative estimate of drug-likeness (QED) is 0.787. The number of methoxy groups -OCH3 is 1. The lowest BCUT2D eigenvalue weighted by atomic mass is 10.1. The molecule has 2 aromatic carbocycles. The van der Waals surface area contributed by atoms with Gasteiger partial charge in [0, 0.05) is 18.9 Å². The molecule has 0 amide bonds. The van der Waals surface area contributed by atoms with Gasteiger partial charge in [0.1, 0.15) is 11.6 Å². The van der Waals surface area contributed by atoms with E-state index in [0.29, 0.717) is 0 Å². The number of ether oxygens (including phenoxy) is 1. The van der Waals surface area contributed by atoms with Gasteiger partial charge in [-0.15, -0.1) is 0 Å². The number of benzene rings is 2. The molecule has 0 spiro atoms. The summed E-state index contributed by atoms with van der Waals surface area (Å²) in [7, 11) is 1.65. The van der Waals surface area contributed by atoms with Crippen LogP contribution in [0.1, 0.15) is 23.0 Å². The number of imidazole rings is 1. The van der Waals surface area contributed by atoms with E-state index < -0.39 is 0 Å². The summed E-state index contributed by atoms with van der Waals surface area (Å²) in [5.41, 5.74) is 8.62. The van der Waals surface area contributed by atoms with Crippen LogP contribution in [0.5, 0.6) is 5.75 Å². The highest BCUT2D eigenvalue weighted by molar-refractivity contribution is 5.32. The van der Waals surface area contributed by atoms with Crippen LogP contribution >= 0.6 is 0 Å². The molecule has 0 fully saturated rings. The van der Waals surface area contributed by atoms with Crippen molar-refractivity contribution in [2.45, 2.75) is 12.6 Å². The fraction of sp³-hybridized carbons (Fsp3) is 0.167. The molecule has 1 unspecified atom stereocenters. The second kappa shape index (κ2) is 6.45. The minimum absolute atomic E-state index is 0.260. The van der Waals surface area contributed by atoms with E-state index in [0.717, 1.165) is 23.7 Å². The Morgan fingerprint density at radius 2 is 1.82 bits per heavy atom. The van der Waals surface area contributed by atoms with E-state index in [9.17, 15) is 0 Å². The van der Waals surface area contributed by atoms with Crippen molar-refractivity contribution in [3.63, 3.8) is 0 Å². The summed E-state index contributed by atoms with van der Waals surface area (Å²) in [6.07, 6.45) is 3.76. The van der Waals surface area contributed by atoms with Gasteiger partial charge in [-0.25, -0.2) is 4.98 Å². The Bertz CT molecular complexity index is 720. The fourth-order valence-electron chi connectivity index (χ4n) is 2.47. The maximum absolute atomic E-state index is 6.38. The molecule has 1 aromatic heterocycles. The third-order valence-corrected chi connectivity index (χ3v) is 3.70. The van der Waals surface area contributed by atoms with Crippen molar-refractivity contribution in [3.05, 3.63) is 83.9 Å². The zero-order chi connectivity index (χ0) is 15.4. The first-order valence-electron chi connectivity index (χ1n) is 7.22. The normalized spacial score (nSPS) is 12.1. The average Bonchev–Trinajstić information content (AvgIpc) is 3.03. The standard InChI is InChI=1S/C18H19N3O/c1-22-16-9-7-15(8-10-16)17(19)18-20-11-12-21(18)13-14-5-3-2-4-6-14/h2-12,17H,13,19H2,1H3. The minimum atomic E-state index is -0.260. The third-order valence-electron chi connectivity index (χ3n) is 3.70. The summed E-state index contributed by atoms with van der Waals surface area (Å²) in [5.74, 6) is 1.68. The highest BCUT2D eigenvalue weighted by atomic mass is 16.5. The second-order valence-electron chi connectivity index (χ2n) is 5.15. The summed E-state index contributed by atoms with van der Waals surface area (Å²) in [6, 6.07) is 17.8. The number of rotatable bonds is 5. The SMILES string of the molecule is COc1ccc(C(N)c2nccn2Cc2ccccc2)cc1. The Kier molecular flexibility index (Phi) is 4.21. The molecule has 0 bridgehead atoms. The molecule has 0 saturated carbocycles. The van der Waals surface area contributed by atoms with Gasteiger partial charge >= 0.3 is 0 Å². The zero-order valence-electron chi connectivity index (χ0n) is 12.5. The molecule has 0 radical (unpaired) electrons. The van der Waals surface area contributed by atoms with Crippen molar-refractivity contribution in [2.75, 3.05) is 7.11 Å². The van der Waals surface area contributed by atoms with Crippen LogP contribution in [0.25, 0.3) is 0 Å². The second-order valence-corrected chi connectivity index (χ2v) is 5.15. The van der Waals surface area contributed by atoms with E-state index in [2.05, 4.69) is 21.7 Å². The summed E-state index contributed by atoms with van der Waals surface area (Å²) in [6.45, 7) is 0.764. The first-order chi connectivity index (χ1) is 10.8. The molecule has 0 saturated heterocycles. The van der Waals surface area contributed by atoms with Crippen molar-refractivity contribution >= 4 is 0 Å². The van der Waals surface area contributed by atoms with E-state index in [-0.39, 0.29) is 6.04 Å². The maximum Gasteiger partial charge on any atom is 0.130 e. The largest absolute Gasteiger partial charge is 0.497 e. The lowest BCUT2D eigenvalue weighted by Crippen LogP contribution is -2.18. The van der Waals surface area contributed by atoms with Crippen LogP contribution in [-0.4, -0.2) is 16.7 Å². The van der Waals surface area contributed by atoms with Gasteiger partial charge in [-0.2, -0.15) is 0 Å². The van der Waals surface area contributed by atoms with Gasteiger partial charge in [-0.1, -0.05) is 42.5 Å². The smallest absolute Gasteiger partial charge is 0.130 e. The predicted octanol–water partition coefficient (Wildman–Crippen LogP) is 2.99. The molecule has 4 heteroatoms. The Balaban J connectivity index is 1.84. The number of hydrogen-bond donors (Lipinski definition) is 1. The van der Waals surface area contributed by atoms with Gasteiger partial charge in [-0.05, 0) is 23.3 Å². The van der Waals surface area contributed by atoms with Crippen LogP contribution < -0.4 is 10.5 Å². The van der Waals surface area contributed by atoms with Crippen molar-refractivity contribution in [1.29, 1.82) is 0 Å². The van der Waals surface area contributed by atoms with Crippen molar-refractivity contribution in [1.82, 2.24) is 9.55 Å². The van der Waals surface area contributed by atoms with Crippen LogP contribution in [0.15, 0.2) is 67.0 Å². The van der Waals surface area contributed by atoms with E-state index in [1.54, 1.807) is 13.3 Å². The van der Waals surface area contributed by atoms with Gasteiger partial charge in [0.05, 0.1) is 13.2 Å². The molecule has 3 aromatic rings. The molecule has 1 heterocycles. The molecule has 22 heavy (non-hydrogen) atoms. The van der Waals surface area contributed by atoms with Crippen LogP contribution in [0.3, 0.4) is 0 Å². The van der Waals surface area contributed by atoms with Crippen LogP contribution in [0.2, 0.25) is 0 Å². The summed E-state index contributed by atoms with van der Waals surface area (Å²) >= 11 is 0. The third kappa shape index (κ3) is 3.02. The molecule has 2 N–H and O–H groups in total. The molecule has 1 atom stereocenters. The van der Waals surface area contributed by atoms with Crippen molar-refractivity contribution < 1.29 is 4.74 Å². The average molecular weight is 293 g/mol. The molecule has 4 nitrogen and oxygen atoms in total. The molecule has 112 valence electrons. The molecule has 0 aliphatic carbocycles. The number of hydrogen-bond acceptors (Lipinski definition) is 3. The van der Waals surface area contributed by atoms with E-state index in [1.807, 2.05) is 48.7 Å². The summed E-state index contributed by atoms with van der Waals surface area (Å²) < 4.78 is 7.27. The minimum Gasteiger partial charge on any atom is -0.497 e. The Morgan fingerprint density at radius 3 is 2.50 bits per heavy atom. The van der Waals surface area contributed by atoms with Crippen LogP contribution in [-0.2, 0) is 6.54 Å². The van der Waals surface area contributed by atoms with Crippen LogP contribution in [0, 0.1) is 0 Å². The Morgan fingerprint density at radius 1 is 1.09 bits per heavy atom. The Hall–Kier alpha value is -2.59. The molecule has 3 rings (SSSR count). The van der Waals surface area contributed by atoms with E-state index >= 15 is 0 Å². The number of nitrogens with zero attached hydrogens (tertiary/aromatic N) is 2. The first kappa shape index (κ1) is 14.4. The highest BCUT2D eigenvalue weighted by Crippen LogP contribution is 2.21. The zero-order valence-corrected chi connectivity index (χ0v) is 12.5. The van der Waals surface area contributed by atoms with Crippen molar-refractivity contribution in [2.24, 2.45) is 5.73 Å².